The van der Waals surface area contributed by atoms with Gasteiger partial charge in [-0.1, -0.05) is 13.8 Å². The van der Waals surface area contributed by atoms with Gasteiger partial charge in [0.1, 0.15) is 10.7 Å². The molecule has 7 heteroatoms. The molecule has 0 aliphatic rings. The van der Waals surface area contributed by atoms with E-state index in [1.165, 1.54) is 34.1 Å². The van der Waals surface area contributed by atoms with Gasteiger partial charge in [-0.2, -0.15) is 0 Å². The molecule has 114 valence electrons. The van der Waals surface area contributed by atoms with Crippen LogP contribution >= 0.6 is 0 Å². The second-order valence-corrected chi connectivity index (χ2v) is 6.19. The largest absolute Gasteiger partial charge is 0.317 e. The first-order valence-corrected chi connectivity index (χ1v) is 7.56. The zero-order valence-electron chi connectivity index (χ0n) is 12.6. The van der Waals surface area contributed by atoms with Crippen molar-refractivity contribution in [2.45, 2.75) is 25.7 Å². The van der Waals surface area contributed by atoms with Gasteiger partial charge in [-0.3, -0.25) is 4.79 Å². The fourth-order valence-corrected chi connectivity index (χ4v) is 2.57. The fourth-order valence-electron chi connectivity index (χ4n) is 1.38. The molecular weight excluding hydrogens is 283 g/mol. The quantitative estimate of drug-likeness (QED) is 0.800. The molecule has 0 fully saturated rings. The predicted molar refractivity (Wildman–Crippen MR) is 77.8 cm³/mol. The van der Waals surface area contributed by atoms with Crippen LogP contribution in [0.15, 0.2) is 17.0 Å². The number of carbonyl (C=O) groups is 1. The fraction of sp³-hybridized carbons (Fsp3) is 0.462. The van der Waals surface area contributed by atoms with Crippen LogP contribution in [0, 0.1) is 12.7 Å². The van der Waals surface area contributed by atoms with E-state index < -0.39 is 15.8 Å². The molecule has 0 N–H and O–H groups in total. The molecule has 1 amide bonds. The molecule has 0 heterocycles. The van der Waals surface area contributed by atoms with E-state index in [9.17, 15) is 17.6 Å². The topological polar surface area (TPSA) is 57.7 Å². The number of aryl methyl sites for hydroxylation is 1. The Morgan fingerprint density at radius 1 is 1.15 bits per heavy atom. The summed E-state index contributed by atoms with van der Waals surface area (Å²) in [5.41, 5.74) is 0.222. The second kappa shape index (κ2) is 7.35. The predicted octanol–water partition coefficient (Wildman–Crippen LogP) is 2.00. The van der Waals surface area contributed by atoms with Crippen LogP contribution in [0.4, 0.5) is 10.1 Å². The van der Waals surface area contributed by atoms with E-state index in [2.05, 4.69) is 0 Å². The first-order valence-electron chi connectivity index (χ1n) is 6.12. The van der Waals surface area contributed by atoms with Gasteiger partial charge in [-0.05, 0) is 24.6 Å². The van der Waals surface area contributed by atoms with E-state index in [0.717, 1.165) is 15.3 Å². The molecule has 0 atom stereocenters. The summed E-state index contributed by atoms with van der Waals surface area (Å²) < 4.78 is 38.7. The summed E-state index contributed by atoms with van der Waals surface area (Å²) >= 11 is 0. The summed E-state index contributed by atoms with van der Waals surface area (Å²) in [6, 6.07) is 2.26. The number of rotatable bonds is 4. The third kappa shape index (κ3) is 3.77. The van der Waals surface area contributed by atoms with E-state index in [1.54, 1.807) is 0 Å². The highest BCUT2D eigenvalue weighted by Crippen LogP contribution is 2.28. The maximum Gasteiger partial charge on any atom is 0.244 e. The Bertz CT molecular complexity index is 571. The molecular formula is C13H21FN2O3S. The Kier molecular flexibility index (Phi) is 6.81. The molecule has 1 aromatic rings. The summed E-state index contributed by atoms with van der Waals surface area (Å²) in [5.74, 6) is -0.559. The van der Waals surface area contributed by atoms with Crippen LogP contribution in [0.5, 0.6) is 0 Å². The summed E-state index contributed by atoms with van der Waals surface area (Å²) in [6.07, 6.45) is 0.429. The molecule has 0 radical (unpaired) electrons. The van der Waals surface area contributed by atoms with Crippen molar-refractivity contribution in [1.82, 2.24) is 4.31 Å². The van der Waals surface area contributed by atoms with Gasteiger partial charge in [0.25, 0.3) is 0 Å². The first kappa shape index (κ1) is 18.5. The lowest BCUT2D eigenvalue weighted by molar-refractivity contribution is -0.107. The van der Waals surface area contributed by atoms with Crippen LogP contribution in [-0.4, -0.2) is 40.3 Å². The highest BCUT2D eigenvalue weighted by atomic mass is 32.2. The van der Waals surface area contributed by atoms with Crippen molar-refractivity contribution in [3.8, 4) is 0 Å². The molecule has 0 aromatic heterocycles. The van der Waals surface area contributed by atoms with Crippen LogP contribution in [-0.2, 0) is 14.8 Å². The Hall–Kier alpha value is -1.47. The Morgan fingerprint density at radius 2 is 1.65 bits per heavy atom. The third-order valence-electron chi connectivity index (χ3n) is 2.54. The van der Waals surface area contributed by atoms with E-state index in [1.807, 2.05) is 13.8 Å². The monoisotopic (exact) mass is 304 g/mol. The van der Waals surface area contributed by atoms with Crippen LogP contribution in [0.25, 0.3) is 0 Å². The van der Waals surface area contributed by atoms with Gasteiger partial charge in [0.05, 0.1) is 5.69 Å². The van der Waals surface area contributed by atoms with E-state index >= 15 is 0 Å². The number of carbonyl (C=O) groups excluding carboxylic acids is 1. The normalized spacial score (nSPS) is 10.8. The van der Waals surface area contributed by atoms with Crippen LogP contribution in [0.1, 0.15) is 19.4 Å². The highest BCUT2D eigenvalue weighted by molar-refractivity contribution is 7.89. The third-order valence-corrected chi connectivity index (χ3v) is 4.38. The van der Waals surface area contributed by atoms with Gasteiger partial charge in [0, 0.05) is 21.1 Å². The van der Waals surface area contributed by atoms with Crippen molar-refractivity contribution in [3.63, 3.8) is 0 Å². The number of benzene rings is 1. The average molecular weight is 304 g/mol. The maximum absolute atomic E-state index is 13.5. The number of halogens is 1. The number of sulfonamides is 1. The number of anilines is 1. The zero-order chi connectivity index (χ0) is 16.1. The average Bonchev–Trinajstić information content (AvgIpc) is 2.42. The van der Waals surface area contributed by atoms with E-state index in [4.69, 9.17) is 0 Å². The van der Waals surface area contributed by atoms with Gasteiger partial charge >= 0.3 is 0 Å². The Labute approximate surface area is 120 Å². The van der Waals surface area contributed by atoms with Crippen molar-refractivity contribution in [2.24, 2.45) is 0 Å². The van der Waals surface area contributed by atoms with Gasteiger partial charge in [0.2, 0.25) is 16.4 Å². The van der Waals surface area contributed by atoms with Gasteiger partial charge in [-0.25, -0.2) is 17.1 Å². The Balaban J connectivity index is 0.00000172. The molecule has 0 bridgehead atoms. The standard InChI is InChI=1S/C11H15FN2O3S.C2H6/c1-8-5-11(18(16,17)13(2)3)10(6-9(8)12)14(4)7-15;1-2/h5-7H,1-4H3;1-2H3. The smallest absolute Gasteiger partial charge is 0.244 e. The van der Waals surface area contributed by atoms with Crippen molar-refractivity contribution < 1.29 is 17.6 Å². The number of hydrogen-bond donors (Lipinski definition) is 0. The molecule has 0 unspecified atom stereocenters. The van der Waals surface area contributed by atoms with Gasteiger partial charge < -0.3 is 4.90 Å². The molecule has 0 saturated heterocycles. The molecule has 20 heavy (non-hydrogen) atoms. The minimum Gasteiger partial charge on any atom is -0.317 e. The molecule has 0 saturated carbocycles. The number of nitrogens with zero attached hydrogens (tertiary/aromatic N) is 2. The molecule has 5 nitrogen and oxygen atoms in total. The number of amides is 1. The van der Waals surface area contributed by atoms with Crippen molar-refractivity contribution in [3.05, 3.63) is 23.5 Å². The van der Waals surface area contributed by atoms with Crippen molar-refractivity contribution in [2.75, 3.05) is 26.0 Å². The summed E-state index contributed by atoms with van der Waals surface area (Å²) in [4.78, 5) is 11.7. The first-order chi connectivity index (χ1) is 9.21. The molecule has 1 rings (SSSR count). The SMILES string of the molecule is CC.Cc1cc(S(=O)(=O)N(C)C)c(N(C)C=O)cc1F. The maximum atomic E-state index is 13.5. The highest BCUT2D eigenvalue weighted by Gasteiger charge is 2.24. The van der Waals surface area contributed by atoms with Crippen molar-refractivity contribution in [1.29, 1.82) is 0 Å². The molecule has 1 aromatic carbocycles. The zero-order valence-corrected chi connectivity index (χ0v) is 13.5. The van der Waals surface area contributed by atoms with E-state index in [-0.39, 0.29) is 16.1 Å². The molecule has 0 aliphatic heterocycles. The second-order valence-electron chi connectivity index (χ2n) is 4.07. The Morgan fingerprint density at radius 3 is 2.05 bits per heavy atom. The van der Waals surface area contributed by atoms with Crippen LogP contribution < -0.4 is 4.90 Å². The molecule has 0 spiro atoms. The van der Waals surface area contributed by atoms with Crippen LogP contribution in [0.3, 0.4) is 0 Å². The summed E-state index contributed by atoms with van der Waals surface area (Å²) in [7, 11) is 0.378. The lowest BCUT2D eigenvalue weighted by Gasteiger charge is -2.19. The van der Waals surface area contributed by atoms with Gasteiger partial charge in [0.15, 0.2) is 0 Å². The lowest BCUT2D eigenvalue weighted by Crippen LogP contribution is -2.26. The van der Waals surface area contributed by atoms with Crippen LogP contribution in [0.2, 0.25) is 0 Å². The minimum absolute atomic E-state index is 0.0156. The summed E-state index contributed by atoms with van der Waals surface area (Å²) in [6.45, 7) is 5.47. The number of hydrogen-bond acceptors (Lipinski definition) is 3. The van der Waals surface area contributed by atoms with Gasteiger partial charge in [-0.15, -0.1) is 0 Å². The lowest BCUT2D eigenvalue weighted by atomic mass is 10.2. The molecule has 0 aliphatic carbocycles. The van der Waals surface area contributed by atoms with E-state index in [0.29, 0.717) is 6.41 Å². The summed E-state index contributed by atoms with van der Waals surface area (Å²) in [5, 5.41) is 0. The minimum atomic E-state index is -3.74. The van der Waals surface area contributed by atoms with Crippen molar-refractivity contribution >= 4 is 22.1 Å².